The summed E-state index contributed by atoms with van der Waals surface area (Å²) < 4.78 is 84.9. The minimum atomic E-state index is -5.06. The number of fused-ring (bicyclic) bond motifs is 1. The summed E-state index contributed by atoms with van der Waals surface area (Å²) in [5.74, 6) is -0.993. The Morgan fingerprint density at radius 2 is 1.62 bits per heavy atom. The highest BCUT2D eigenvalue weighted by atomic mass is 19.4. The fourth-order valence-corrected chi connectivity index (χ4v) is 5.17. The second-order valence-corrected chi connectivity index (χ2v) is 10.1. The van der Waals surface area contributed by atoms with Gasteiger partial charge in [0, 0.05) is 37.8 Å². The number of nitrogens with one attached hydrogen (secondary N) is 2. The number of hydrogen-bond donors (Lipinski definition) is 2. The van der Waals surface area contributed by atoms with Gasteiger partial charge in [-0.15, -0.1) is 0 Å². The van der Waals surface area contributed by atoms with Crippen molar-refractivity contribution in [1.82, 2.24) is 15.1 Å². The van der Waals surface area contributed by atoms with Gasteiger partial charge < -0.3 is 25.2 Å². The van der Waals surface area contributed by atoms with Crippen LogP contribution in [0.1, 0.15) is 42.0 Å². The monoisotopic (exact) mass is 600 g/mol. The topological polar surface area (TPSA) is 91.0 Å². The number of piperidine rings is 1. The summed E-state index contributed by atoms with van der Waals surface area (Å²) in [6, 6.07) is 5.86. The third-order valence-electron chi connectivity index (χ3n) is 7.29. The maximum Gasteiger partial charge on any atom is 0.416 e. The van der Waals surface area contributed by atoms with Crippen LogP contribution in [0.5, 0.6) is 0 Å². The molecule has 0 aromatic heterocycles. The predicted molar refractivity (Wildman–Crippen MR) is 140 cm³/mol. The lowest BCUT2D eigenvalue weighted by molar-refractivity contribution is -0.145. The van der Waals surface area contributed by atoms with Crippen LogP contribution in [0.4, 0.5) is 41.6 Å². The minimum Gasteiger partial charge on any atom is -0.464 e. The van der Waals surface area contributed by atoms with Crippen molar-refractivity contribution in [3.05, 3.63) is 64.7 Å². The summed E-state index contributed by atoms with van der Waals surface area (Å²) in [6.45, 7) is 2.27. The van der Waals surface area contributed by atoms with Crippen LogP contribution in [0, 0.1) is 0 Å². The second kappa shape index (κ2) is 12.5. The van der Waals surface area contributed by atoms with Crippen LogP contribution in [-0.4, -0.2) is 66.2 Å². The third kappa shape index (κ3) is 7.45. The Balaban J connectivity index is 1.43. The van der Waals surface area contributed by atoms with E-state index >= 15 is 0 Å². The van der Waals surface area contributed by atoms with Gasteiger partial charge in [-0.25, -0.2) is 14.4 Å². The number of halogens is 6. The molecule has 0 spiro atoms. The number of hydrogen-bond acceptors (Lipinski definition) is 4. The van der Waals surface area contributed by atoms with Gasteiger partial charge >= 0.3 is 30.4 Å². The number of amides is 4. The molecule has 2 aliphatic heterocycles. The first-order chi connectivity index (χ1) is 19.8. The van der Waals surface area contributed by atoms with Gasteiger partial charge in [0.2, 0.25) is 0 Å². The largest absolute Gasteiger partial charge is 0.464 e. The molecule has 42 heavy (non-hydrogen) atoms. The molecule has 1 fully saturated rings. The van der Waals surface area contributed by atoms with E-state index in [1.54, 1.807) is 4.90 Å². The fraction of sp³-hybridized carbons (Fsp3) is 0.464. The molecule has 14 heteroatoms. The van der Waals surface area contributed by atoms with Crippen LogP contribution < -0.4 is 10.6 Å². The molecule has 0 aliphatic carbocycles. The Bertz CT molecular complexity index is 1280. The van der Waals surface area contributed by atoms with Gasteiger partial charge in [0.05, 0.1) is 17.7 Å². The number of ether oxygens (including phenoxy) is 1. The zero-order chi connectivity index (χ0) is 30.7. The highest BCUT2D eigenvalue weighted by Crippen LogP contribution is 2.36. The molecule has 1 unspecified atom stereocenters. The number of carbonyl (C=O) groups is 3. The first-order valence-electron chi connectivity index (χ1n) is 13.4. The Kier molecular flexibility index (Phi) is 9.21. The first-order valence-corrected chi connectivity index (χ1v) is 13.4. The number of alkyl halides is 6. The molecule has 4 amide bonds. The number of benzene rings is 2. The molecule has 228 valence electrons. The van der Waals surface area contributed by atoms with Crippen LogP contribution in [0.15, 0.2) is 42.5 Å². The molecule has 4 rings (SSSR count). The zero-order valence-electron chi connectivity index (χ0n) is 22.6. The minimum absolute atomic E-state index is 0.00510. The van der Waals surface area contributed by atoms with Gasteiger partial charge in [-0.05, 0) is 61.6 Å². The van der Waals surface area contributed by atoms with Gasteiger partial charge in [0.25, 0.3) is 0 Å². The molecule has 2 aromatic rings. The molecule has 2 aromatic carbocycles. The quantitative estimate of drug-likeness (QED) is 0.340. The number of para-hydroxylation sites is 1. The summed E-state index contributed by atoms with van der Waals surface area (Å²) in [5.41, 5.74) is -1.73. The number of anilines is 1. The molecule has 8 nitrogen and oxygen atoms in total. The van der Waals surface area contributed by atoms with E-state index in [0.29, 0.717) is 37.9 Å². The predicted octanol–water partition coefficient (Wildman–Crippen LogP) is 5.46. The zero-order valence-corrected chi connectivity index (χ0v) is 22.6. The van der Waals surface area contributed by atoms with Crippen LogP contribution in [0.25, 0.3) is 0 Å². The molecule has 0 bridgehead atoms. The number of nitrogens with zero attached hydrogens (tertiary/aromatic N) is 2. The van der Waals surface area contributed by atoms with E-state index in [1.165, 1.54) is 11.8 Å². The summed E-state index contributed by atoms with van der Waals surface area (Å²) in [7, 11) is 0. The maximum absolute atomic E-state index is 13.3. The van der Waals surface area contributed by atoms with Crippen molar-refractivity contribution in [2.75, 3.05) is 31.6 Å². The number of rotatable bonds is 6. The normalized spacial score (nSPS) is 17.2. The van der Waals surface area contributed by atoms with Crippen molar-refractivity contribution in [2.45, 2.75) is 57.0 Å². The Morgan fingerprint density at radius 1 is 1.00 bits per heavy atom. The van der Waals surface area contributed by atoms with Crippen LogP contribution >= 0.6 is 0 Å². The Hall–Kier alpha value is -3.97. The highest BCUT2D eigenvalue weighted by molar-refractivity contribution is 5.91. The molecular weight excluding hydrogens is 570 g/mol. The Morgan fingerprint density at radius 3 is 2.21 bits per heavy atom. The third-order valence-corrected chi connectivity index (χ3v) is 7.29. The first kappa shape index (κ1) is 31.0. The van der Waals surface area contributed by atoms with Crippen LogP contribution in [-0.2, 0) is 34.7 Å². The summed E-state index contributed by atoms with van der Waals surface area (Å²) in [5, 5.41) is 5.32. The lowest BCUT2D eigenvalue weighted by Crippen LogP contribution is -2.54. The molecule has 2 aliphatic rings. The number of urea groups is 2. The second-order valence-electron chi connectivity index (χ2n) is 10.1. The average Bonchev–Trinajstić information content (AvgIpc) is 3.09. The number of likely N-dealkylation sites (tertiary alicyclic amines) is 1. The molecule has 1 atom stereocenters. The molecule has 2 N–H and O–H groups in total. The smallest absolute Gasteiger partial charge is 0.416 e. The van der Waals surface area contributed by atoms with E-state index < -0.39 is 53.5 Å². The standard InChI is InChI=1S/C28H30F6N4O4/c1-2-42-24(39)23(15-17-13-19(27(29,30)31)16-20(14-17)28(32,33)34)36-25(40)37-10-8-21(9-11-37)38-12-7-18-5-3-4-6-22(18)35-26(38)41/h3-6,13-14,16,21,23H,2,7-12,15H2,1H3,(H,35,41)(H,36,40). The van der Waals surface area contributed by atoms with E-state index in [1.807, 2.05) is 24.3 Å². The van der Waals surface area contributed by atoms with Gasteiger partial charge in [-0.1, -0.05) is 18.2 Å². The molecule has 2 heterocycles. The van der Waals surface area contributed by atoms with Gasteiger partial charge in [-0.3, -0.25) is 0 Å². The lowest BCUT2D eigenvalue weighted by Gasteiger charge is -2.38. The van der Waals surface area contributed by atoms with E-state index in [-0.39, 0.29) is 37.8 Å². The number of carbonyl (C=O) groups excluding carboxylic acids is 3. The maximum atomic E-state index is 13.3. The van der Waals surface area contributed by atoms with Crippen molar-refractivity contribution < 1.29 is 45.5 Å². The van der Waals surface area contributed by atoms with Gasteiger partial charge in [0.15, 0.2) is 0 Å². The summed E-state index contributed by atoms with van der Waals surface area (Å²) >= 11 is 0. The SMILES string of the molecule is CCOC(=O)C(Cc1cc(C(F)(F)F)cc(C(F)(F)F)c1)NC(=O)N1CCC(N2CCc3ccccc3NC2=O)CC1. The van der Waals surface area contributed by atoms with Crippen molar-refractivity contribution in [3.8, 4) is 0 Å². The molecule has 0 saturated carbocycles. The van der Waals surface area contributed by atoms with Crippen LogP contribution in [0.3, 0.4) is 0 Å². The van der Waals surface area contributed by atoms with Crippen molar-refractivity contribution >= 4 is 23.7 Å². The van der Waals surface area contributed by atoms with E-state index in [2.05, 4.69) is 10.6 Å². The van der Waals surface area contributed by atoms with E-state index in [9.17, 15) is 40.7 Å². The van der Waals surface area contributed by atoms with Crippen molar-refractivity contribution in [1.29, 1.82) is 0 Å². The van der Waals surface area contributed by atoms with Crippen LogP contribution in [0.2, 0.25) is 0 Å². The highest BCUT2D eigenvalue weighted by Gasteiger charge is 2.38. The molecule has 1 saturated heterocycles. The average molecular weight is 601 g/mol. The summed E-state index contributed by atoms with van der Waals surface area (Å²) in [6.07, 6.45) is -9.25. The number of esters is 1. The van der Waals surface area contributed by atoms with E-state index in [4.69, 9.17) is 4.74 Å². The Labute approximate surface area is 238 Å². The van der Waals surface area contributed by atoms with Gasteiger partial charge in [0.1, 0.15) is 6.04 Å². The van der Waals surface area contributed by atoms with Crippen molar-refractivity contribution in [2.24, 2.45) is 0 Å². The summed E-state index contributed by atoms with van der Waals surface area (Å²) in [4.78, 5) is 41.6. The molecular formula is C28H30F6N4O4. The lowest BCUT2D eigenvalue weighted by atomic mass is 9.99. The fourth-order valence-electron chi connectivity index (χ4n) is 5.17. The molecule has 0 radical (unpaired) electrons. The van der Waals surface area contributed by atoms with E-state index in [0.717, 1.165) is 11.3 Å². The van der Waals surface area contributed by atoms with Crippen molar-refractivity contribution in [3.63, 3.8) is 0 Å². The van der Waals surface area contributed by atoms with Gasteiger partial charge in [-0.2, -0.15) is 26.3 Å².